The lowest BCUT2D eigenvalue weighted by Gasteiger charge is -2.06. The van der Waals surface area contributed by atoms with Crippen LogP contribution >= 0.6 is 11.6 Å². The molecule has 1 heterocycles. The molecule has 0 aliphatic rings. The summed E-state index contributed by atoms with van der Waals surface area (Å²) < 4.78 is 5.86. The highest BCUT2D eigenvalue weighted by molar-refractivity contribution is 6.30. The molecule has 0 aliphatic carbocycles. The number of halogens is 1. The van der Waals surface area contributed by atoms with E-state index < -0.39 is 0 Å². The van der Waals surface area contributed by atoms with E-state index in [-0.39, 0.29) is 17.5 Å². The molecule has 4 rings (SSSR count). The third-order valence-corrected chi connectivity index (χ3v) is 5.04. The molecular formula is C24H18ClNO3. The fourth-order valence-corrected chi connectivity index (χ4v) is 3.37. The fourth-order valence-electron chi connectivity index (χ4n) is 3.24. The zero-order valence-electron chi connectivity index (χ0n) is 16.0. The van der Waals surface area contributed by atoms with E-state index in [0.717, 1.165) is 16.5 Å². The van der Waals surface area contributed by atoms with Crippen molar-refractivity contribution in [2.24, 2.45) is 0 Å². The zero-order chi connectivity index (χ0) is 20.5. The van der Waals surface area contributed by atoms with Gasteiger partial charge >= 0.3 is 0 Å². The van der Waals surface area contributed by atoms with Crippen molar-refractivity contribution in [3.05, 3.63) is 99.8 Å². The monoisotopic (exact) mass is 403 g/mol. The normalized spacial score (nSPS) is 10.9. The number of hydrogen-bond donors (Lipinski definition) is 1. The van der Waals surface area contributed by atoms with Crippen LogP contribution in [0.3, 0.4) is 0 Å². The Balaban J connectivity index is 1.64. The Bertz CT molecular complexity index is 1240. The van der Waals surface area contributed by atoms with Crippen molar-refractivity contribution in [3.63, 3.8) is 0 Å². The molecule has 1 amide bonds. The van der Waals surface area contributed by atoms with Crippen molar-refractivity contribution in [3.8, 4) is 0 Å². The molecule has 3 aromatic carbocycles. The van der Waals surface area contributed by atoms with E-state index in [1.807, 2.05) is 38.1 Å². The standard InChI is InChI=1S/C24H18ClNO3/c1-14-4-3-5-17(12-14)24(28)26-19-10-11-20-15(2)23(29-21(20)13-19)22(27)16-6-8-18(25)9-7-16/h3-13H,1-2H3,(H,26,28). The lowest BCUT2D eigenvalue weighted by molar-refractivity contribution is 0.101. The predicted octanol–water partition coefficient (Wildman–Crippen LogP) is 6.19. The molecule has 0 unspecified atom stereocenters. The number of ketones is 1. The van der Waals surface area contributed by atoms with Crippen LogP contribution in [0.2, 0.25) is 5.02 Å². The summed E-state index contributed by atoms with van der Waals surface area (Å²) in [5, 5.41) is 4.27. The summed E-state index contributed by atoms with van der Waals surface area (Å²) >= 11 is 5.90. The number of furan rings is 1. The Morgan fingerprint density at radius 1 is 0.897 bits per heavy atom. The number of rotatable bonds is 4. The van der Waals surface area contributed by atoms with Crippen molar-refractivity contribution in [2.45, 2.75) is 13.8 Å². The lowest BCUT2D eigenvalue weighted by atomic mass is 10.0. The van der Waals surface area contributed by atoms with Crippen molar-refractivity contribution in [1.82, 2.24) is 0 Å². The van der Waals surface area contributed by atoms with Gasteiger partial charge in [0, 0.05) is 38.9 Å². The van der Waals surface area contributed by atoms with Crippen LogP contribution in [-0.4, -0.2) is 11.7 Å². The number of carbonyl (C=O) groups is 2. The maximum atomic E-state index is 12.8. The fraction of sp³-hybridized carbons (Fsp3) is 0.0833. The molecule has 0 radical (unpaired) electrons. The Morgan fingerprint density at radius 3 is 2.38 bits per heavy atom. The van der Waals surface area contributed by atoms with Crippen molar-refractivity contribution in [2.75, 3.05) is 5.32 Å². The predicted molar refractivity (Wildman–Crippen MR) is 115 cm³/mol. The Labute approximate surface area is 173 Å². The van der Waals surface area contributed by atoms with Gasteiger partial charge in [-0.2, -0.15) is 0 Å². The number of nitrogens with one attached hydrogen (secondary N) is 1. The van der Waals surface area contributed by atoms with Crippen LogP contribution in [0.25, 0.3) is 11.0 Å². The first-order valence-corrected chi connectivity index (χ1v) is 9.51. The maximum Gasteiger partial charge on any atom is 0.255 e. The van der Waals surface area contributed by atoms with Gasteiger partial charge in [-0.25, -0.2) is 0 Å². The molecule has 29 heavy (non-hydrogen) atoms. The van der Waals surface area contributed by atoms with Gasteiger partial charge in [0.05, 0.1) is 0 Å². The smallest absolute Gasteiger partial charge is 0.255 e. The van der Waals surface area contributed by atoms with Crippen molar-refractivity contribution < 1.29 is 14.0 Å². The molecular weight excluding hydrogens is 386 g/mol. The zero-order valence-corrected chi connectivity index (χ0v) is 16.7. The van der Waals surface area contributed by atoms with Crippen LogP contribution in [0.5, 0.6) is 0 Å². The van der Waals surface area contributed by atoms with Crippen molar-refractivity contribution >= 4 is 39.9 Å². The highest BCUT2D eigenvalue weighted by atomic mass is 35.5. The summed E-state index contributed by atoms with van der Waals surface area (Å²) in [5.74, 6) is -0.126. The first-order valence-electron chi connectivity index (χ1n) is 9.14. The van der Waals surface area contributed by atoms with Crippen LogP contribution in [0.4, 0.5) is 5.69 Å². The van der Waals surface area contributed by atoms with Gasteiger partial charge in [0.25, 0.3) is 5.91 Å². The average molecular weight is 404 g/mol. The Kier molecular flexibility index (Phi) is 4.95. The minimum Gasteiger partial charge on any atom is -0.452 e. The minimum absolute atomic E-state index is 0.200. The Morgan fingerprint density at radius 2 is 1.66 bits per heavy atom. The SMILES string of the molecule is Cc1cccc(C(=O)Nc2ccc3c(C)c(C(=O)c4ccc(Cl)cc4)oc3c2)c1. The van der Waals surface area contributed by atoms with E-state index in [1.165, 1.54) is 0 Å². The highest BCUT2D eigenvalue weighted by Gasteiger charge is 2.19. The van der Waals surface area contributed by atoms with E-state index in [9.17, 15) is 9.59 Å². The quantitative estimate of drug-likeness (QED) is 0.413. The number of carbonyl (C=O) groups excluding carboxylic acids is 2. The average Bonchev–Trinajstić information content (AvgIpc) is 3.04. The van der Waals surface area contributed by atoms with Crippen LogP contribution in [-0.2, 0) is 0 Å². The second-order valence-corrected chi connectivity index (χ2v) is 7.36. The van der Waals surface area contributed by atoms with Crippen LogP contribution in [0.15, 0.2) is 71.1 Å². The van der Waals surface area contributed by atoms with Gasteiger partial charge in [-0.3, -0.25) is 9.59 Å². The molecule has 0 spiro atoms. The summed E-state index contributed by atoms with van der Waals surface area (Å²) in [6.45, 7) is 3.79. The van der Waals surface area contributed by atoms with Gasteiger partial charge in [-0.1, -0.05) is 29.3 Å². The summed E-state index contributed by atoms with van der Waals surface area (Å²) in [6, 6.07) is 19.4. The second kappa shape index (κ2) is 7.57. The topological polar surface area (TPSA) is 59.3 Å². The van der Waals surface area contributed by atoms with Gasteiger partial charge in [-0.15, -0.1) is 0 Å². The van der Waals surface area contributed by atoms with Gasteiger partial charge in [-0.05, 0) is 62.4 Å². The summed E-state index contributed by atoms with van der Waals surface area (Å²) in [7, 11) is 0. The molecule has 1 aromatic heterocycles. The summed E-state index contributed by atoms with van der Waals surface area (Å²) in [6.07, 6.45) is 0. The molecule has 0 fully saturated rings. The van der Waals surface area contributed by atoms with Gasteiger partial charge < -0.3 is 9.73 Å². The number of hydrogen-bond acceptors (Lipinski definition) is 3. The van der Waals surface area contributed by atoms with E-state index in [2.05, 4.69) is 5.32 Å². The van der Waals surface area contributed by atoms with E-state index in [0.29, 0.717) is 27.4 Å². The molecule has 0 atom stereocenters. The second-order valence-electron chi connectivity index (χ2n) is 6.93. The van der Waals surface area contributed by atoms with Crippen LogP contribution < -0.4 is 5.32 Å². The molecule has 4 aromatic rings. The molecule has 0 bridgehead atoms. The molecule has 0 saturated carbocycles. The van der Waals surface area contributed by atoms with Crippen LogP contribution in [0.1, 0.15) is 37.6 Å². The third kappa shape index (κ3) is 3.80. The molecule has 0 saturated heterocycles. The van der Waals surface area contributed by atoms with E-state index in [4.69, 9.17) is 16.0 Å². The molecule has 144 valence electrons. The number of anilines is 1. The summed E-state index contributed by atoms with van der Waals surface area (Å²) in [5.41, 5.74) is 4.01. The van der Waals surface area contributed by atoms with E-state index in [1.54, 1.807) is 42.5 Å². The number of aryl methyl sites for hydroxylation is 2. The van der Waals surface area contributed by atoms with Crippen LogP contribution in [0, 0.1) is 13.8 Å². The number of benzene rings is 3. The molecule has 0 aliphatic heterocycles. The maximum absolute atomic E-state index is 12.8. The highest BCUT2D eigenvalue weighted by Crippen LogP contribution is 2.29. The van der Waals surface area contributed by atoms with Gasteiger partial charge in [0.2, 0.25) is 5.78 Å². The first kappa shape index (κ1) is 19.0. The lowest BCUT2D eigenvalue weighted by Crippen LogP contribution is -2.11. The number of fused-ring (bicyclic) bond motifs is 1. The first-order chi connectivity index (χ1) is 13.9. The Hall–Kier alpha value is -3.37. The van der Waals surface area contributed by atoms with Crippen molar-refractivity contribution in [1.29, 1.82) is 0 Å². The van der Waals surface area contributed by atoms with E-state index >= 15 is 0 Å². The minimum atomic E-state index is -0.208. The third-order valence-electron chi connectivity index (χ3n) is 4.79. The molecule has 5 heteroatoms. The number of amides is 1. The molecule has 4 nitrogen and oxygen atoms in total. The largest absolute Gasteiger partial charge is 0.452 e. The van der Waals surface area contributed by atoms with Gasteiger partial charge in [0.1, 0.15) is 5.58 Å². The summed E-state index contributed by atoms with van der Waals surface area (Å²) in [4.78, 5) is 25.3. The van der Waals surface area contributed by atoms with Gasteiger partial charge in [0.15, 0.2) is 5.76 Å². The molecule has 1 N–H and O–H groups in total.